The van der Waals surface area contributed by atoms with Crippen molar-refractivity contribution >= 4 is 27.3 Å². The first kappa shape index (κ1) is 13.9. The summed E-state index contributed by atoms with van der Waals surface area (Å²) in [6.07, 6.45) is 0. The molecule has 0 fully saturated rings. The second-order valence-electron chi connectivity index (χ2n) is 4.31. The Hall–Kier alpha value is -1.55. The Morgan fingerprint density at radius 2 is 1.95 bits per heavy atom. The van der Waals surface area contributed by atoms with Gasteiger partial charge in [-0.3, -0.25) is 0 Å². The molecule has 0 radical (unpaired) electrons. The third kappa shape index (κ3) is 3.26. The lowest BCUT2D eigenvalue weighted by Gasteiger charge is -2.25. The van der Waals surface area contributed by atoms with E-state index in [2.05, 4.69) is 27.8 Å². The zero-order valence-electron chi connectivity index (χ0n) is 10.7. The average Bonchev–Trinajstić information content (AvgIpc) is 2.39. The van der Waals surface area contributed by atoms with Crippen LogP contribution in [0.1, 0.15) is 12.5 Å². The van der Waals surface area contributed by atoms with Gasteiger partial charge in [-0.2, -0.15) is 0 Å². The minimum absolute atomic E-state index is 0.238. The second kappa shape index (κ2) is 6.06. The Balaban J connectivity index is 2.27. The molecule has 0 aromatic heterocycles. The smallest absolute Gasteiger partial charge is 0.124 e. The first-order chi connectivity index (χ1) is 9.11. The van der Waals surface area contributed by atoms with Gasteiger partial charge in [-0.15, -0.1) is 0 Å². The topological polar surface area (TPSA) is 29.3 Å². The maximum Gasteiger partial charge on any atom is 0.124 e. The van der Waals surface area contributed by atoms with Gasteiger partial charge in [-0.25, -0.2) is 4.39 Å². The first-order valence-corrected chi connectivity index (χ1v) is 6.94. The predicted molar refractivity (Wildman–Crippen MR) is 81.7 cm³/mol. The maximum absolute atomic E-state index is 13.1. The van der Waals surface area contributed by atoms with Gasteiger partial charge >= 0.3 is 0 Å². The molecule has 4 heteroatoms. The molecule has 100 valence electrons. The highest BCUT2D eigenvalue weighted by atomic mass is 79.9. The molecule has 0 atom stereocenters. The first-order valence-electron chi connectivity index (χ1n) is 6.15. The lowest BCUT2D eigenvalue weighted by molar-refractivity contribution is 0.625. The zero-order valence-corrected chi connectivity index (χ0v) is 12.3. The number of anilines is 2. The van der Waals surface area contributed by atoms with Crippen LogP contribution in [0.4, 0.5) is 15.8 Å². The minimum atomic E-state index is -0.238. The average molecular weight is 323 g/mol. The van der Waals surface area contributed by atoms with Crippen molar-refractivity contribution in [2.75, 3.05) is 17.2 Å². The van der Waals surface area contributed by atoms with Crippen molar-refractivity contribution in [3.05, 3.63) is 58.3 Å². The van der Waals surface area contributed by atoms with Crippen LogP contribution in [0.15, 0.2) is 46.9 Å². The summed E-state index contributed by atoms with van der Waals surface area (Å²) in [5.41, 5.74) is 8.79. The number of para-hydroxylation sites is 2. The van der Waals surface area contributed by atoms with Crippen LogP contribution >= 0.6 is 15.9 Å². The van der Waals surface area contributed by atoms with Gasteiger partial charge in [0.25, 0.3) is 0 Å². The van der Waals surface area contributed by atoms with Crippen LogP contribution in [0.2, 0.25) is 0 Å². The Morgan fingerprint density at radius 3 is 2.58 bits per heavy atom. The fourth-order valence-electron chi connectivity index (χ4n) is 2.00. The van der Waals surface area contributed by atoms with Gasteiger partial charge in [0, 0.05) is 17.6 Å². The number of rotatable bonds is 4. The van der Waals surface area contributed by atoms with Crippen molar-refractivity contribution in [3.8, 4) is 0 Å². The monoisotopic (exact) mass is 322 g/mol. The Kier molecular flexibility index (Phi) is 4.43. The number of nitrogens with two attached hydrogens (primary N) is 1. The molecule has 0 saturated heterocycles. The van der Waals surface area contributed by atoms with E-state index in [0.29, 0.717) is 6.54 Å². The van der Waals surface area contributed by atoms with E-state index >= 15 is 0 Å². The Morgan fingerprint density at radius 1 is 1.21 bits per heavy atom. The van der Waals surface area contributed by atoms with Crippen molar-refractivity contribution < 1.29 is 4.39 Å². The van der Waals surface area contributed by atoms with E-state index in [1.54, 1.807) is 6.07 Å². The highest BCUT2D eigenvalue weighted by Gasteiger charge is 2.10. The number of nitrogen functional groups attached to an aromatic ring is 1. The van der Waals surface area contributed by atoms with Crippen molar-refractivity contribution in [3.63, 3.8) is 0 Å². The van der Waals surface area contributed by atoms with Crippen LogP contribution in [0.5, 0.6) is 0 Å². The van der Waals surface area contributed by atoms with Crippen LogP contribution in [0.25, 0.3) is 0 Å². The van der Waals surface area contributed by atoms with Crippen molar-refractivity contribution in [2.45, 2.75) is 13.5 Å². The summed E-state index contributed by atoms with van der Waals surface area (Å²) in [7, 11) is 0. The molecule has 0 bridgehead atoms. The minimum Gasteiger partial charge on any atom is -0.397 e. The third-order valence-electron chi connectivity index (χ3n) is 3.04. The SMILES string of the molecule is CCN(Cc1ccc(F)cc1Br)c1ccccc1N. The third-order valence-corrected chi connectivity index (χ3v) is 3.77. The molecule has 0 spiro atoms. The van der Waals surface area contributed by atoms with E-state index < -0.39 is 0 Å². The van der Waals surface area contributed by atoms with Crippen LogP contribution in [-0.4, -0.2) is 6.54 Å². The van der Waals surface area contributed by atoms with E-state index in [1.807, 2.05) is 24.3 Å². The molecule has 2 nitrogen and oxygen atoms in total. The summed E-state index contributed by atoms with van der Waals surface area (Å²) in [5, 5.41) is 0. The summed E-state index contributed by atoms with van der Waals surface area (Å²) in [6.45, 7) is 3.59. The molecule has 0 aliphatic heterocycles. The van der Waals surface area contributed by atoms with Crippen LogP contribution in [-0.2, 0) is 6.54 Å². The van der Waals surface area contributed by atoms with Gasteiger partial charge < -0.3 is 10.6 Å². The number of hydrogen-bond acceptors (Lipinski definition) is 2. The Labute approximate surface area is 121 Å². The summed E-state index contributed by atoms with van der Waals surface area (Å²) < 4.78 is 13.9. The molecular weight excluding hydrogens is 307 g/mol. The molecule has 2 N–H and O–H groups in total. The van der Waals surface area contributed by atoms with E-state index in [1.165, 1.54) is 12.1 Å². The normalized spacial score (nSPS) is 10.5. The number of halogens is 2. The van der Waals surface area contributed by atoms with Crippen LogP contribution < -0.4 is 10.6 Å². The molecule has 0 amide bonds. The second-order valence-corrected chi connectivity index (χ2v) is 5.16. The Bertz CT molecular complexity index is 572. The van der Waals surface area contributed by atoms with Gasteiger partial charge in [-0.1, -0.05) is 34.1 Å². The molecule has 2 rings (SSSR count). The van der Waals surface area contributed by atoms with Crippen molar-refractivity contribution in [1.82, 2.24) is 0 Å². The van der Waals surface area contributed by atoms with Crippen LogP contribution in [0, 0.1) is 5.82 Å². The molecule has 2 aromatic carbocycles. The number of hydrogen-bond donors (Lipinski definition) is 1. The van der Waals surface area contributed by atoms with Gasteiger partial charge in [0.05, 0.1) is 11.4 Å². The predicted octanol–water partition coefficient (Wildman–Crippen LogP) is 4.20. The van der Waals surface area contributed by atoms with E-state index in [-0.39, 0.29) is 5.82 Å². The lowest BCUT2D eigenvalue weighted by atomic mass is 10.2. The van der Waals surface area contributed by atoms with E-state index in [0.717, 1.165) is 28.0 Å². The molecule has 2 aromatic rings. The molecule has 0 saturated carbocycles. The van der Waals surface area contributed by atoms with E-state index in [9.17, 15) is 4.39 Å². The zero-order chi connectivity index (χ0) is 13.8. The largest absolute Gasteiger partial charge is 0.397 e. The fraction of sp³-hybridized carbons (Fsp3) is 0.200. The lowest BCUT2D eigenvalue weighted by Crippen LogP contribution is -2.23. The summed E-state index contributed by atoms with van der Waals surface area (Å²) in [5.74, 6) is -0.238. The molecular formula is C15H16BrFN2. The summed E-state index contributed by atoms with van der Waals surface area (Å²) >= 11 is 3.40. The fourth-order valence-corrected chi connectivity index (χ4v) is 2.47. The quantitative estimate of drug-likeness (QED) is 0.855. The highest BCUT2D eigenvalue weighted by molar-refractivity contribution is 9.10. The summed E-state index contributed by atoms with van der Waals surface area (Å²) in [4.78, 5) is 2.16. The van der Waals surface area contributed by atoms with E-state index in [4.69, 9.17) is 5.73 Å². The molecule has 0 aliphatic rings. The highest BCUT2D eigenvalue weighted by Crippen LogP contribution is 2.26. The maximum atomic E-state index is 13.1. The van der Waals surface area contributed by atoms with Crippen LogP contribution in [0.3, 0.4) is 0 Å². The summed E-state index contributed by atoms with van der Waals surface area (Å²) in [6, 6.07) is 12.5. The van der Waals surface area contributed by atoms with Gasteiger partial charge in [-0.05, 0) is 36.8 Å². The molecule has 0 unspecified atom stereocenters. The number of nitrogens with zero attached hydrogens (tertiary/aromatic N) is 1. The molecule has 0 heterocycles. The molecule has 0 aliphatic carbocycles. The standard InChI is InChI=1S/C15H16BrFN2/c1-2-19(15-6-4-3-5-14(15)18)10-11-7-8-12(17)9-13(11)16/h3-9H,2,10,18H2,1H3. The van der Waals surface area contributed by atoms with Crippen molar-refractivity contribution in [1.29, 1.82) is 0 Å². The van der Waals surface area contributed by atoms with Crippen molar-refractivity contribution in [2.24, 2.45) is 0 Å². The van der Waals surface area contributed by atoms with Gasteiger partial charge in [0.15, 0.2) is 0 Å². The van der Waals surface area contributed by atoms with Gasteiger partial charge in [0.1, 0.15) is 5.82 Å². The number of benzene rings is 2. The van der Waals surface area contributed by atoms with Gasteiger partial charge in [0.2, 0.25) is 0 Å². The molecule has 19 heavy (non-hydrogen) atoms.